The van der Waals surface area contributed by atoms with Crippen molar-refractivity contribution in [3.63, 3.8) is 0 Å². The van der Waals surface area contributed by atoms with Crippen LogP contribution in [-0.4, -0.2) is 13.2 Å². The van der Waals surface area contributed by atoms with E-state index in [1.807, 2.05) is 0 Å². The molecule has 0 unspecified atom stereocenters. The molecule has 112 valence electrons. The average Bonchev–Trinajstić information content (AvgIpc) is 2.47. The molecule has 1 aliphatic rings. The second-order valence-corrected chi connectivity index (χ2v) is 5.36. The van der Waals surface area contributed by atoms with Crippen molar-refractivity contribution in [2.45, 2.75) is 45.3 Å². The Morgan fingerprint density at radius 2 is 1.85 bits per heavy atom. The lowest BCUT2D eigenvalue weighted by atomic mass is 10.0. The highest BCUT2D eigenvalue weighted by Crippen LogP contribution is 2.29. The van der Waals surface area contributed by atoms with Gasteiger partial charge in [-0.1, -0.05) is 44.7 Å². The molecule has 0 spiro atoms. The molecule has 0 radical (unpaired) electrons. The van der Waals surface area contributed by atoms with Gasteiger partial charge in [-0.25, -0.2) is 8.78 Å². The van der Waals surface area contributed by atoms with Gasteiger partial charge in [-0.15, -0.1) is 0 Å². The third-order valence-electron chi connectivity index (χ3n) is 3.67. The lowest BCUT2D eigenvalue weighted by molar-refractivity contribution is -0.207. The summed E-state index contributed by atoms with van der Waals surface area (Å²) in [7, 11) is 0. The zero-order chi connectivity index (χ0) is 14.4. The molecule has 2 nitrogen and oxygen atoms in total. The zero-order valence-corrected chi connectivity index (χ0v) is 11.9. The molecule has 20 heavy (non-hydrogen) atoms. The van der Waals surface area contributed by atoms with Crippen LogP contribution in [0.3, 0.4) is 0 Å². The van der Waals surface area contributed by atoms with E-state index in [1.165, 1.54) is 37.8 Å². The van der Waals surface area contributed by atoms with E-state index in [0.717, 1.165) is 12.5 Å². The fourth-order valence-electron chi connectivity index (χ4n) is 2.45. The lowest BCUT2D eigenvalue weighted by Gasteiger charge is -2.29. The molecule has 0 saturated carbocycles. The first-order valence-electron chi connectivity index (χ1n) is 7.39. The minimum Gasteiger partial charge on any atom is -0.348 e. The summed E-state index contributed by atoms with van der Waals surface area (Å²) in [5, 5.41) is 0. The van der Waals surface area contributed by atoms with Crippen LogP contribution in [0.15, 0.2) is 18.2 Å². The molecule has 1 heterocycles. The summed E-state index contributed by atoms with van der Waals surface area (Å²) >= 11 is 0. The van der Waals surface area contributed by atoms with Gasteiger partial charge in [0.1, 0.15) is 0 Å². The molecule has 0 aliphatic carbocycles. The standard InChI is InChI=1S/C16H22F2O2/c1-2-3-4-5-7-12-10-19-16(20-11-12)13-8-6-9-14(17)15(13)18/h6,8-9,12,16H,2-5,7,10-11H2,1H3. The molecule has 1 aromatic rings. The Kier molecular flexibility index (Phi) is 5.92. The van der Waals surface area contributed by atoms with Crippen molar-refractivity contribution in [1.29, 1.82) is 0 Å². The summed E-state index contributed by atoms with van der Waals surface area (Å²) in [5.41, 5.74) is 0.148. The van der Waals surface area contributed by atoms with Crippen LogP contribution in [0.1, 0.15) is 50.9 Å². The van der Waals surface area contributed by atoms with E-state index in [9.17, 15) is 8.78 Å². The molecule has 2 rings (SSSR count). The third kappa shape index (κ3) is 4.00. The van der Waals surface area contributed by atoms with Gasteiger partial charge < -0.3 is 9.47 Å². The number of halogens is 2. The average molecular weight is 284 g/mol. The molecule has 1 saturated heterocycles. The molecule has 0 amide bonds. The molecule has 0 atom stereocenters. The number of benzene rings is 1. The van der Waals surface area contributed by atoms with E-state index in [2.05, 4.69) is 6.92 Å². The van der Waals surface area contributed by atoms with Crippen LogP contribution >= 0.6 is 0 Å². The van der Waals surface area contributed by atoms with Gasteiger partial charge in [0.05, 0.1) is 13.2 Å². The van der Waals surface area contributed by atoms with Crippen molar-refractivity contribution in [1.82, 2.24) is 0 Å². The van der Waals surface area contributed by atoms with E-state index in [0.29, 0.717) is 19.1 Å². The van der Waals surface area contributed by atoms with Crippen LogP contribution in [0.2, 0.25) is 0 Å². The molecular weight excluding hydrogens is 262 g/mol. The Morgan fingerprint density at radius 1 is 1.10 bits per heavy atom. The molecule has 0 N–H and O–H groups in total. The van der Waals surface area contributed by atoms with Gasteiger partial charge in [-0.3, -0.25) is 0 Å². The second-order valence-electron chi connectivity index (χ2n) is 5.36. The highest BCUT2D eigenvalue weighted by molar-refractivity contribution is 5.20. The number of ether oxygens (including phenoxy) is 2. The largest absolute Gasteiger partial charge is 0.348 e. The highest BCUT2D eigenvalue weighted by atomic mass is 19.2. The molecule has 1 fully saturated rings. The molecular formula is C16H22F2O2. The van der Waals surface area contributed by atoms with Gasteiger partial charge in [-0.2, -0.15) is 0 Å². The van der Waals surface area contributed by atoms with Gasteiger partial charge in [0.15, 0.2) is 17.9 Å². The first kappa shape index (κ1) is 15.4. The zero-order valence-electron chi connectivity index (χ0n) is 11.9. The fraction of sp³-hybridized carbons (Fsp3) is 0.625. The molecule has 4 heteroatoms. The fourth-order valence-corrected chi connectivity index (χ4v) is 2.45. The van der Waals surface area contributed by atoms with Crippen LogP contribution in [-0.2, 0) is 9.47 Å². The van der Waals surface area contributed by atoms with Gasteiger partial charge in [-0.05, 0) is 12.5 Å². The Labute approximate surface area is 119 Å². The molecule has 0 bridgehead atoms. The first-order valence-corrected chi connectivity index (χ1v) is 7.39. The summed E-state index contributed by atoms with van der Waals surface area (Å²) < 4.78 is 37.9. The summed E-state index contributed by atoms with van der Waals surface area (Å²) in [6.45, 7) is 3.28. The van der Waals surface area contributed by atoms with E-state index >= 15 is 0 Å². The SMILES string of the molecule is CCCCCCC1COC(c2cccc(F)c2F)OC1. The monoisotopic (exact) mass is 284 g/mol. The van der Waals surface area contributed by atoms with Crippen molar-refractivity contribution >= 4 is 0 Å². The van der Waals surface area contributed by atoms with Crippen molar-refractivity contribution in [2.24, 2.45) is 5.92 Å². The van der Waals surface area contributed by atoms with Gasteiger partial charge in [0, 0.05) is 11.5 Å². The topological polar surface area (TPSA) is 18.5 Å². The summed E-state index contributed by atoms with van der Waals surface area (Å²) in [6.07, 6.45) is 5.17. The lowest BCUT2D eigenvalue weighted by Crippen LogP contribution is -2.27. The molecule has 1 aromatic carbocycles. The predicted molar refractivity (Wildman–Crippen MR) is 73.3 cm³/mol. The number of unbranched alkanes of at least 4 members (excludes halogenated alkanes) is 3. The predicted octanol–water partition coefficient (Wildman–Crippen LogP) is 4.60. The van der Waals surface area contributed by atoms with Crippen molar-refractivity contribution < 1.29 is 18.3 Å². The normalized spacial score (nSPS) is 22.9. The maximum absolute atomic E-state index is 13.6. The van der Waals surface area contributed by atoms with Crippen LogP contribution in [0.4, 0.5) is 8.78 Å². The van der Waals surface area contributed by atoms with Crippen LogP contribution in [0.5, 0.6) is 0 Å². The van der Waals surface area contributed by atoms with E-state index in [4.69, 9.17) is 9.47 Å². The molecule has 0 aromatic heterocycles. The van der Waals surface area contributed by atoms with Gasteiger partial charge in [0.2, 0.25) is 0 Å². The first-order chi connectivity index (χ1) is 9.72. The maximum atomic E-state index is 13.6. The number of hydrogen-bond acceptors (Lipinski definition) is 2. The van der Waals surface area contributed by atoms with Gasteiger partial charge in [0.25, 0.3) is 0 Å². The Balaban J connectivity index is 1.80. The summed E-state index contributed by atoms with van der Waals surface area (Å²) in [4.78, 5) is 0. The van der Waals surface area contributed by atoms with Crippen LogP contribution < -0.4 is 0 Å². The number of rotatable bonds is 6. The van der Waals surface area contributed by atoms with Crippen molar-refractivity contribution in [2.75, 3.05) is 13.2 Å². The smallest absolute Gasteiger partial charge is 0.186 e. The third-order valence-corrected chi connectivity index (χ3v) is 3.67. The Bertz CT molecular complexity index is 415. The van der Waals surface area contributed by atoms with Crippen molar-refractivity contribution in [3.05, 3.63) is 35.4 Å². The van der Waals surface area contributed by atoms with E-state index in [1.54, 1.807) is 0 Å². The van der Waals surface area contributed by atoms with Gasteiger partial charge >= 0.3 is 0 Å². The highest BCUT2D eigenvalue weighted by Gasteiger charge is 2.26. The minimum absolute atomic E-state index is 0.148. The van der Waals surface area contributed by atoms with Crippen LogP contribution in [0, 0.1) is 17.6 Å². The summed E-state index contributed by atoms with van der Waals surface area (Å²) in [5.74, 6) is -1.38. The molecule has 1 aliphatic heterocycles. The Morgan fingerprint density at radius 3 is 2.55 bits per heavy atom. The maximum Gasteiger partial charge on any atom is 0.186 e. The number of hydrogen-bond donors (Lipinski definition) is 0. The van der Waals surface area contributed by atoms with Crippen LogP contribution in [0.25, 0.3) is 0 Å². The quantitative estimate of drug-likeness (QED) is 0.711. The summed E-state index contributed by atoms with van der Waals surface area (Å²) in [6, 6.07) is 4.07. The Hall–Kier alpha value is -1.00. The minimum atomic E-state index is -0.876. The second kappa shape index (κ2) is 7.70. The van der Waals surface area contributed by atoms with E-state index < -0.39 is 17.9 Å². The van der Waals surface area contributed by atoms with E-state index in [-0.39, 0.29) is 5.56 Å². The van der Waals surface area contributed by atoms with Crippen molar-refractivity contribution in [3.8, 4) is 0 Å².